The number of hydrogen-bond acceptors (Lipinski definition) is 5. The predicted octanol–water partition coefficient (Wildman–Crippen LogP) is 2.51. The summed E-state index contributed by atoms with van der Waals surface area (Å²) in [5, 5.41) is 18.4. The highest BCUT2D eigenvalue weighted by Gasteiger charge is 2.22. The van der Waals surface area contributed by atoms with Gasteiger partial charge in [-0.1, -0.05) is 6.07 Å². The Labute approximate surface area is 118 Å². The number of nitrogens with zero attached hydrogens (tertiary/aromatic N) is 2. The highest BCUT2D eigenvalue weighted by Crippen LogP contribution is 2.34. The van der Waals surface area contributed by atoms with Crippen molar-refractivity contribution in [1.82, 2.24) is 4.98 Å². The summed E-state index contributed by atoms with van der Waals surface area (Å²) >= 11 is 0. The topological polar surface area (TPSA) is 115 Å². The van der Waals surface area contributed by atoms with Gasteiger partial charge in [-0.05, 0) is 25.1 Å². The van der Waals surface area contributed by atoms with Gasteiger partial charge in [0.15, 0.2) is 5.82 Å². The van der Waals surface area contributed by atoms with Gasteiger partial charge in [-0.25, -0.2) is 9.37 Å². The quantitative estimate of drug-likeness (QED) is 0.388. The monoisotopic (exact) mass is 290 g/mol. The molecule has 2 aromatic rings. The van der Waals surface area contributed by atoms with Crippen molar-refractivity contribution in [2.24, 2.45) is 5.73 Å². The summed E-state index contributed by atoms with van der Waals surface area (Å²) in [5.41, 5.74) is 5.51. The average Bonchev–Trinajstić information content (AvgIpc) is 2.40. The molecule has 1 aromatic heterocycles. The lowest BCUT2D eigenvalue weighted by atomic mass is 10.2. The maximum absolute atomic E-state index is 13.8. The highest BCUT2D eigenvalue weighted by atomic mass is 19.1. The first-order valence-corrected chi connectivity index (χ1v) is 5.83. The molecule has 0 saturated carbocycles. The molecule has 0 bridgehead atoms. The Morgan fingerprint density at radius 1 is 1.43 bits per heavy atom. The number of benzene rings is 1. The maximum Gasteiger partial charge on any atom is 0.314 e. The van der Waals surface area contributed by atoms with Gasteiger partial charge in [-0.2, -0.15) is 0 Å². The molecule has 7 nitrogen and oxygen atoms in total. The lowest BCUT2D eigenvalue weighted by Gasteiger charge is -2.10. The van der Waals surface area contributed by atoms with Crippen LogP contribution < -0.4 is 10.5 Å². The fourth-order valence-electron chi connectivity index (χ4n) is 1.65. The number of rotatable bonds is 4. The molecule has 1 aromatic carbocycles. The normalized spacial score (nSPS) is 10.2. The number of nitro benzene ring substituents is 1. The Morgan fingerprint density at radius 2 is 2.14 bits per heavy atom. The number of ether oxygens (including phenoxy) is 1. The van der Waals surface area contributed by atoms with Crippen molar-refractivity contribution in [3.8, 4) is 11.6 Å². The first kappa shape index (κ1) is 14.4. The molecule has 0 aliphatic rings. The zero-order valence-corrected chi connectivity index (χ0v) is 11.0. The van der Waals surface area contributed by atoms with Gasteiger partial charge in [0.2, 0.25) is 11.6 Å². The van der Waals surface area contributed by atoms with E-state index in [1.807, 2.05) is 0 Å². The molecule has 0 aliphatic carbocycles. The first-order valence-electron chi connectivity index (χ1n) is 5.83. The largest absolute Gasteiger partial charge is 0.428 e. The van der Waals surface area contributed by atoms with Gasteiger partial charge in [0.1, 0.15) is 5.84 Å². The number of nitro groups is 1. The molecule has 0 saturated heterocycles. The standard InChI is InChI=1S/C13H11FN4O3/c1-7-5-6-8(12(15)16)13(17-7)21-11-9(14)3-2-4-10(11)18(19)20/h2-6H,1H3,(H3,15,16). The lowest BCUT2D eigenvalue weighted by Crippen LogP contribution is -2.13. The molecule has 0 fully saturated rings. The Bertz CT molecular complexity index is 733. The summed E-state index contributed by atoms with van der Waals surface area (Å²) in [6.07, 6.45) is 0. The van der Waals surface area contributed by atoms with Crippen LogP contribution in [0.1, 0.15) is 11.3 Å². The molecule has 108 valence electrons. The van der Waals surface area contributed by atoms with Gasteiger partial charge in [-0.3, -0.25) is 15.5 Å². The number of amidine groups is 1. The third kappa shape index (κ3) is 2.94. The number of nitrogens with two attached hydrogens (primary N) is 1. The molecule has 3 N–H and O–H groups in total. The number of nitrogens with one attached hydrogen (secondary N) is 1. The van der Waals surface area contributed by atoms with Crippen molar-refractivity contribution in [1.29, 1.82) is 5.41 Å². The van der Waals surface area contributed by atoms with Gasteiger partial charge in [0.25, 0.3) is 0 Å². The fourth-order valence-corrected chi connectivity index (χ4v) is 1.65. The highest BCUT2D eigenvalue weighted by molar-refractivity contribution is 5.97. The number of para-hydroxylation sites is 1. The average molecular weight is 290 g/mol. The second kappa shape index (κ2) is 5.53. The van der Waals surface area contributed by atoms with Crippen LogP contribution in [0.4, 0.5) is 10.1 Å². The summed E-state index contributed by atoms with van der Waals surface area (Å²) < 4.78 is 19.0. The van der Waals surface area contributed by atoms with Crippen molar-refractivity contribution in [3.05, 3.63) is 57.5 Å². The molecule has 0 spiro atoms. The molecule has 8 heteroatoms. The third-order valence-electron chi connectivity index (χ3n) is 2.63. The van der Waals surface area contributed by atoms with E-state index in [9.17, 15) is 14.5 Å². The number of aryl methyl sites for hydroxylation is 1. The number of aromatic nitrogens is 1. The summed E-state index contributed by atoms with van der Waals surface area (Å²) in [6.45, 7) is 1.66. The van der Waals surface area contributed by atoms with E-state index in [1.54, 1.807) is 13.0 Å². The van der Waals surface area contributed by atoms with E-state index in [2.05, 4.69) is 4.98 Å². The van der Waals surface area contributed by atoms with Crippen LogP contribution in [-0.2, 0) is 0 Å². The van der Waals surface area contributed by atoms with Crippen LogP contribution in [0.5, 0.6) is 11.6 Å². The molecule has 21 heavy (non-hydrogen) atoms. The van der Waals surface area contributed by atoms with Crippen LogP contribution in [0.2, 0.25) is 0 Å². The van der Waals surface area contributed by atoms with Crippen molar-refractivity contribution >= 4 is 11.5 Å². The summed E-state index contributed by atoms with van der Waals surface area (Å²) in [5.74, 6) is -1.96. The zero-order chi connectivity index (χ0) is 15.6. The molecular weight excluding hydrogens is 279 g/mol. The Hall–Kier alpha value is -3.03. The van der Waals surface area contributed by atoms with Crippen molar-refractivity contribution in [3.63, 3.8) is 0 Å². The Morgan fingerprint density at radius 3 is 2.76 bits per heavy atom. The number of pyridine rings is 1. The number of hydrogen-bond donors (Lipinski definition) is 2. The molecule has 2 rings (SSSR count). The van der Waals surface area contributed by atoms with E-state index >= 15 is 0 Å². The van der Waals surface area contributed by atoms with Crippen LogP contribution in [0, 0.1) is 28.3 Å². The number of nitrogen functional groups attached to an aromatic ring is 1. The SMILES string of the molecule is Cc1ccc(C(=N)N)c(Oc2c(F)cccc2[N+](=O)[O-])n1. The van der Waals surface area contributed by atoms with E-state index in [0.717, 1.165) is 12.1 Å². The van der Waals surface area contributed by atoms with E-state index < -0.39 is 22.2 Å². The molecule has 0 atom stereocenters. The lowest BCUT2D eigenvalue weighted by molar-refractivity contribution is -0.385. The van der Waals surface area contributed by atoms with Gasteiger partial charge < -0.3 is 10.5 Å². The van der Waals surface area contributed by atoms with Crippen LogP contribution in [0.15, 0.2) is 30.3 Å². The molecule has 0 aliphatic heterocycles. The smallest absolute Gasteiger partial charge is 0.314 e. The second-order valence-corrected chi connectivity index (χ2v) is 4.17. The van der Waals surface area contributed by atoms with E-state index in [1.165, 1.54) is 12.1 Å². The van der Waals surface area contributed by atoms with Gasteiger partial charge in [0, 0.05) is 11.8 Å². The van der Waals surface area contributed by atoms with Crippen LogP contribution >= 0.6 is 0 Å². The van der Waals surface area contributed by atoms with Gasteiger partial charge in [-0.15, -0.1) is 0 Å². The first-order chi connectivity index (χ1) is 9.90. The van der Waals surface area contributed by atoms with Gasteiger partial charge >= 0.3 is 5.69 Å². The maximum atomic E-state index is 13.8. The minimum atomic E-state index is -0.901. The molecule has 0 unspecified atom stereocenters. The van der Waals surface area contributed by atoms with E-state index in [-0.39, 0.29) is 17.3 Å². The zero-order valence-electron chi connectivity index (χ0n) is 11.0. The van der Waals surface area contributed by atoms with Crippen molar-refractivity contribution in [2.75, 3.05) is 0 Å². The Balaban J connectivity index is 2.55. The third-order valence-corrected chi connectivity index (χ3v) is 2.63. The fraction of sp³-hybridized carbons (Fsp3) is 0.0769. The Kier molecular flexibility index (Phi) is 3.79. The van der Waals surface area contributed by atoms with Crippen molar-refractivity contribution < 1.29 is 14.1 Å². The molecule has 1 heterocycles. The van der Waals surface area contributed by atoms with Gasteiger partial charge in [0.05, 0.1) is 10.5 Å². The van der Waals surface area contributed by atoms with E-state index in [0.29, 0.717) is 5.69 Å². The molecule has 0 radical (unpaired) electrons. The van der Waals surface area contributed by atoms with Crippen molar-refractivity contribution in [2.45, 2.75) is 6.92 Å². The van der Waals surface area contributed by atoms with Crippen LogP contribution in [0.25, 0.3) is 0 Å². The minimum Gasteiger partial charge on any atom is -0.428 e. The second-order valence-electron chi connectivity index (χ2n) is 4.17. The molecular formula is C13H11FN4O3. The predicted molar refractivity (Wildman–Crippen MR) is 73.1 cm³/mol. The van der Waals surface area contributed by atoms with E-state index in [4.69, 9.17) is 15.9 Å². The molecule has 0 amide bonds. The van der Waals surface area contributed by atoms with Crippen LogP contribution in [-0.4, -0.2) is 15.7 Å². The number of halogens is 1. The summed E-state index contributed by atoms with van der Waals surface area (Å²) in [6, 6.07) is 6.43. The summed E-state index contributed by atoms with van der Waals surface area (Å²) in [7, 11) is 0. The minimum absolute atomic E-state index is 0.123. The summed E-state index contributed by atoms with van der Waals surface area (Å²) in [4.78, 5) is 14.2. The van der Waals surface area contributed by atoms with Crippen LogP contribution in [0.3, 0.4) is 0 Å².